The molecule has 0 fully saturated rings. The number of hydrogen-bond donors (Lipinski definition) is 2. The molecule has 0 spiro atoms. The number of benzene rings is 2. The first-order valence-corrected chi connectivity index (χ1v) is 8.97. The zero-order chi connectivity index (χ0) is 15.1. The highest BCUT2D eigenvalue weighted by Gasteiger charge is 2.05. The van der Waals surface area contributed by atoms with Gasteiger partial charge in [-0.1, -0.05) is 30.3 Å². The third kappa shape index (κ3) is 5.41. The van der Waals surface area contributed by atoms with Gasteiger partial charge in [0.2, 0.25) is 5.91 Å². The van der Waals surface area contributed by atoms with E-state index in [-0.39, 0.29) is 5.91 Å². The average Bonchev–Trinajstić information content (AvgIpc) is 2.48. The fourth-order valence-corrected chi connectivity index (χ4v) is 3.56. The van der Waals surface area contributed by atoms with Gasteiger partial charge in [0.15, 0.2) is 0 Å². The molecule has 1 N–H and O–H groups in total. The van der Waals surface area contributed by atoms with Gasteiger partial charge in [0.25, 0.3) is 0 Å². The summed E-state index contributed by atoms with van der Waals surface area (Å²) in [5, 5.41) is 2.86. The standard InChI is InChI=1S/C16H16BrNOS2/c17-14-10-13(18-16(19)8-9-20)6-7-15(14)21-11-12-4-2-1-3-5-12/h1-7,10,20H,8-9,11H2,(H,18,19). The lowest BCUT2D eigenvalue weighted by atomic mass is 10.2. The number of thioether (sulfide) groups is 1. The summed E-state index contributed by atoms with van der Waals surface area (Å²) in [5.41, 5.74) is 2.10. The van der Waals surface area contributed by atoms with E-state index in [1.165, 1.54) is 5.56 Å². The van der Waals surface area contributed by atoms with Gasteiger partial charge in [-0.05, 0) is 45.4 Å². The zero-order valence-corrected chi connectivity index (χ0v) is 14.7. The third-order valence-corrected chi connectivity index (χ3v) is 5.08. The molecule has 0 saturated heterocycles. The monoisotopic (exact) mass is 381 g/mol. The van der Waals surface area contributed by atoms with Crippen LogP contribution in [0.25, 0.3) is 0 Å². The molecule has 5 heteroatoms. The van der Waals surface area contributed by atoms with Crippen LogP contribution >= 0.6 is 40.3 Å². The van der Waals surface area contributed by atoms with E-state index in [9.17, 15) is 4.79 Å². The van der Waals surface area contributed by atoms with Gasteiger partial charge in [0, 0.05) is 27.2 Å². The number of carbonyl (C=O) groups is 1. The molecule has 0 saturated carbocycles. The van der Waals surface area contributed by atoms with Gasteiger partial charge in [-0.25, -0.2) is 0 Å². The lowest BCUT2D eigenvalue weighted by Gasteiger charge is -2.08. The molecule has 0 atom stereocenters. The summed E-state index contributed by atoms with van der Waals surface area (Å²) in [7, 11) is 0. The minimum atomic E-state index is -0.0124. The van der Waals surface area contributed by atoms with E-state index in [2.05, 4.69) is 46.0 Å². The summed E-state index contributed by atoms with van der Waals surface area (Å²) in [6.45, 7) is 0. The van der Waals surface area contributed by atoms with Crippen LogP contribution in [0.2, 0.25) is 0 Å². The van der Waals surface area contributed by atoms with Gasteiger partial charge in [-0.3, -0.25) is 4.79 Å². The molecular formula is C16H16BrNOS2. The smallest absolute Gasteiger partial charge is 0.225 e. The fraction of sp³-hybridized carbons (Fsp3) is 0.188. The minimum absolute atomic E-state index is 0.0124. The Kier molecular flexibility index (Phi) is 6.67. The summed E-state index contributed by atoms with van der Waals surface area (Å²) in [4.78, 5) is 12.7. The molecule has 2 aromatic rings. The predicted octanol–water partition coefficient (Wildman–Crippen LogP) is 5.00. The van der Waals surface area contributed by atoms with E-state index >= 15 is 0 Å². The van der Waals surface area contributed by atoms with Crippen LogP contribution in [0, 0.1) is 0 Å². The van der Waals surface area contributed by atoms with Crippen molar-refractivity contribution in [3.63, 3.8) is 0 Å². The van der Waals surface area contributed by atoms with E-state index in [0.29, 0.717) is 12.2 Å². The number of thiol groups is 1. The normalized spacial score (nSPS) is 10.4. The van der Waals surface area contributed by atoms with Crippen molar-refractivity contribution in [2.45, 2.75) is 17.1 Å². The first-order chi connectivity index (χ1) is 10.2. The maximum atomic E-state index is 11.5. The second kappa shape index (κ2) is 8.51. The number of anilines is 1. The molecule has 1 amide bonds. The number of rotatable bonds is 6. The van der Waals surface area contributed by atoms with Crippen LogP contribution in [0.3, 0.4) is 0 Å². The highest BCUT2D eigenvalue weighted by atomic mass is 79.9. The first kappa shape index (κ1) is 16.5. The van der Waals surface area contributed by atoms with Crippen LogP contribution in [-0.2, 0) is 10.5 Å². The van der Waals surface area contributed by atoms with E-state index < -0.39 is 0 Å². The van der Waals surface area contributed by atoms with Gasteiger partial charge in [-0.15, -0.1) is 11.8 Å². The summed E-state index contributed by atoms with van der Waals surface area (Å²) < 4.78 is 0.993. The number of hydrogen-bond acceptors (Lipinski definition) is 3. The fourth-order valence-electron chi connectivity index (χ4n) is 1.76. The summed E-state index contributed by atoms with van der Waals surface area (Å²) >= 11 is 9.38. The molecule has 2 rings (SSSR count). The van der Waals surface area contributed by atoms with Crippen molar-refractivity contribution in [3.8, 4) is 0 Å². The van der Waals surface area contributed by atoms with Crippen molar-refractivity contribution in [2.75, 3.05) is 11.1 Å². The van der Waals surface area contributed by atoms with Crippen LogP contribution in [0.4, 0.5) is 5.69 Å². The van der Waals surface area contributed by atoms with E-state index in [1.54, 1.807) is 11.8 Å². The quantitative estimate of drug-likeness (QED) is 0.544. The molecule has 0 aliphatic carbocycles. The van der Waals surface area contributed by atoms with E-state index in [4.69, 9.17) is 0 Å². The lowest BCUT2D eigenvalue weighted by Crippen LogP contribution is -2.11. The van der Waals surface area contributed by atoms with Crippen molar-refractivity contribution in [1.29, 1.82) is 0 Å². The second-order valence-corrected chi connectivity index (χ2v) is 6.76. The molecule has 0 heterocycles. The van der Waals surface area contributed by atoms with Crippen LogP contribution < -0.4 is 5.32 Å². The van der Waals surface area contributed by atoms with Crippen LogP contribution in [0.15, 0.2) is 57.9 Å². The SMILES string of the molecule is O=C(CCS)Nc1ccc(SCc2ccccc2)c(Br)c1. The Morgan fingerprint density at radius 1 is 1.19 bits per heavy atom. The third-order valence-electron chi connectivity index (χ3n) is 2.79. The van der Waals surface area contributed by atoms with Crippen molar-refractivity contribution >= 4 is 51.9 Å². The Morgan fingerprint density at radius 2 is 1.95 bits per heavy atom. The molecule has 0 aromatic heterocycles. The number of nitrogens with one attached hydrogen (secondary N) is 1. The van der Waals surface area contributed by atoms with Crippen LogP contribution in [0.5, 0.6) is 0 Å². The second-order valence-electron chi connectivity index (χ2n) is 4.44. The maximum absolute atomic E-state index is 11.5. The van der Waals surface area contributed by atoms with Gasteiger partial charge in [0.05, 0.1) is 0 Å². The van der Waals surface area contributed by atoms with Gasteiger partial charge in [-0.2, -0.15) is 12.6 Å². The summed E-state index contributed by atoms with van der Waals surface area (Å²) in [5.74, 6) is 1.46. The zero-order valence-electron chi connectivity index (χ0n) is 11.4. The molecule has 0 aliphatic rings. The molecular weight excluding hydrogens is 366 g/mol. The number of carbonyl (C=O) groups excluding carboxylic acids is 1. The largest absolute Gasteiger partial charge is 0.326 e. The Labute approximate surface area is 143 Å². The highest BCUT2D eigenvalue weighted by Crippen LogP contribution is 2.32. The topological polar surface area (TPSA) is 29.1 Å². The molecule has 0 aliphatic heterocycles. The predicted molar refractivity (Wildman–Crippen MR) is 97.2 cm³/mol. The van der Waals surface area contributed by atoms with E-state index in [1.807, 2.05) is 36.4 Å². The highest BCUT2D eigenvalue weighted by molar-refractivity contribution is 9.10. The summed E-state index contributed by atoms with van der Waals surface area (Å²) in [6, 6.07) is 16.2. The van der Waals surface area contributed by atoms with Crippen LogP contribution in [0.1, 0.15) is 12.0 Å². The average molecular weight is 382 g/mol. The molecule has 110 valence electrons. The Morgan fingerprint density at radius 3 is 2.62 bits per heavy atom. The first-order valence-electron chi connectivity index (χ1n) is 6.56. The van der Waals surface area contributed by atoms with Crippen molar-refractivity contribution < 1.29 is 4.79 Å². The van der Waals surface area contributed by atoms with Crippen molar-refractivity contribution in [3.05, 3.63) is 58.6 Å². The van der Waals surface area contributed by atoms with Crippen molar-refractivity contribution in [2.24, 2.45) is 0 Å². The molecule has 0 unspecified atom stereocenters. The Balaban J connectivity index is 1.97. The van der Waals surface area contributed by atoms with Gasteiger partial charge >= 0.3 is 0 Å². The van der Waals surface area contributed by atoms with Crippen molar-refractivity contribution in [1.82, 2.24) is 0 Å². The summed E-state index contributed by atoms with van der Waals surface area (Å²) in [6.07, 6.45) is 0.422. The molecule has 2 aromatic carbocycles. The minimum Gasteiger partial charge on any atom is -0.326 e. The van der Waals surface area contributed by atoms with Gasteiger partial charge in [0.1, 0.15) is 0 Å². The maximum Gasteiger partial charge on any atom is 0.225 e. The lowest BCUT2D eigenvalue weighted by molar-refractivity contribution is -0.115. The molecule has 21 heavy (non-hydrogen) atoms. The van der Waals surface area contributed by atoms with E-state index in [0.717, 1.165) is 20.8 Å². The van der Waals surface area contributed by atoms with Gasteiger partial charge < -0.3 is 5.32 Å². The Bertz CT molecular complexity index is 604. The molecule has 0 bridgehead atoms. The molecule has 2 nitrogen and oxygen atoms in total. The Hall–Kier alpha value is -0.910. The number of amides is 1. The number of halogens is 1. The van der Waals surface area contributed by atoms with Crippen LogP contribution in [-0.4, -0.2) is 11.7 Å². The molecule has 0 radical (unpaired) electrons.